The maximum absolute atomic E-state index is 14.3. The molecule has 0 aromatic heterocycles. The van der Waals surface area contributed by atoms with Gasteiger partial charge >= 0.3 is 6.09 Å². The number of nitrogens with one attached hydrogen (secondary N) is 2. The molecule has 1 aliphatic rings. The molecule has 3 aromatic carbocycles. The molecular formula is C33H39FN4O5. The van der Waals surface area contributed by atoms with Gasteiger partial charge in [0.1, 0.15) is 18.0 Å². The van der Waals surface area contributed by atoms with Crippen molar-refractivity contribution in [3.8, 4) is 0 Å². The molecule has 1 heterocycles. The summed E-state index contributed by atoms with van der Waals surface area (Å²) in [5.74, 6) is -1.98. The van der Waals surface area contributed by atoms with Gasteiger partial charge in [-0.05, 0) is 41.7 Å². The largest absolute Gasteiger partial charge is 0.443 e. The summed E-state index contributed by atoms with van der Waals surface area (Å²) in [5, 5.41) is 5.81. The van der Waals surface area contributed by atoms with Gasteiger partial charge in [0.05, 0.1) is 12.1 Å². The molecule has 3 amide bonds. The van der Waals surface area contributed by atoms with E-state index in [1.807, 2.05) is 60.7 Å². The van der Waals surface area contributed by atoms with Crippen molar-refractivity contribution in [2.45, 2.75) is 49.9 Å². The first-order valence-electron chi connectivity index (χ1n) is 14.5. The number of nitrogens with zero attached hydrogens (tertiary/aromatic N) is 1. The summed E-state index contributed by atoms with van der Waals surface area (Å²) >= 11 is 0. The Morgan fingerprint density at radius 2 is 1.58 bits per heavy atom. The van der Waals surface area contributed by atoms with Gasteiger partial charge in [-0.25, -0.2) is 9.18 Å². The number of nitrogens with two attached hydrogens (primary N) is 1. The van der Waals surface area contributed by atoms with Crippen LogP contribution < -0.4 is 16.4 Å². The average Bonchev–Trinajstić information content (AvgIpc) is 3.41. The average molecular weight is 591 g/mol. The Morgan fingerprint density at radius 1 is 0.977 bits per heavy atom. The molecule has 0 radical (unpaired) electrons. The highest BCUT2D eigenvalue weighted by Gasteiger charge is 2.51. The number of amides is 3. The van der Waals surface area contributed by atoms with Gasteiger partial charge in [0.2, 0.25) is 11.8 Å². The Balaban J connectivity index is 1.72. The highest BCUT2D eigenvalue weighted by Crippen LogP contribution is 2.36. The van der Waals surface area contributed by atoms with Gasteiger partial charge in [0, 0.05) is 32.7 Å². The van der Waals surface area contributed by atoms with Gasteiger partial charge < -0.3 is 30.7 Å². The second-order valence-electron chi connectivity index (χ2n) is 10.5. The monoisotopic (exact) mass is 590 g/mol. The number of carbonyl (C=O) groups excluding carboxylic acids is 3. The zero-order chi connectivity index (χ0) is 30.8. The number of methoxy groups -OCH3 is 1. The van der Waals surface area contributed by atoms with Gasteiger partial charge in [0.15, 0.2) is 0 Å². The van der Waals surface area contributed by atoms with Crippen LogP contribution in [0.25, 0.3) is 0 Å². The van der Waals surface area contributed by atoms with E-state index in [2.05, 4.69) is 10.6 Å². The van der Waals surface area contributed by atoms with E-state index in [1.54, 1.807) is 26.2 Å². The van der Waals surface area contributed by atoms with Crippen LogP contribution in [0.3, 0.4) is 0 Å². The third-order valence-electron chi connectivity index (χ3n) is 7.63. The number of likely N-dealkylation sites (tertiary alicyclic amines) is 1. The summed E-state index contributed by atoms with van der Waals surface area (Å²) in [6.07, 6.45) is -0.892. The molecule has 0 saturated carbocycles. The molecule has 0 aliphatic carbocycles. The number of carbonyl (C=O) groups is 3. The maximum Gasteiger partial charge on any atom is 0.407 e. The van der Waals surface area contributed by atoms with Gasteiger partial charge in [-0.2, -0.15) is 0 Å². The fourth-order valence-electron chi connectivity index (χ4n) is 5.33. The first-order valence-corrected chi connectivity index (χ1v) is 14.5. The molecule has 1 aliphatic heterocycles. The van der Waals surface area contributed by atoms with Crippen molar-refractivity contribution in [1.29, 1.82) is 0 Å². The Morgan fingerprint density at radius 3 is 2.14 bits per heavy atom. The van der Waals surface area contributed by atoms with Gasteiger partial charge in [-0.3, -0.25) is 9.59 Å². The fourth-order valence-corrected chi connectivity index (χ4v) is 5.33. The minimum absolute atomic E-state index is 0.0548. The van der Waals surface area contributed by atoms with Crippen LogP contribution in [-0.2, 0) is 19.1 Å². The minimum Gasteiger partial charge on any atom is -0.443 e. The van der Waals surface area contributed by atoms with Crippen LogP contribution in [0.5, 0.6) is 0 Å². The van der Waals surface area contributed by atoms with Crippen molar-refractivity contribution in [3.63, 3.8) is 0 Å². The predicted molar refractivity (Wildman–Crippen MR) is 161 cm³/mol. The van der Waals surface area contributed by atoms with Gasteiger partial charge in [-0.15, -0.1) is 0 Å². The molecule has 4 rings (SSSR count). The fraction of sp³-hybridized carbons (Fsp3) is 0.364. The van der Waals surface area contributed by atoms with Crippen LogP contribution in [-0.4, -0.2) is 67.8 Å². The van der Waals surface area contributed by atoms with Crippen LogP contribution in [0, 0.1) is 5.82 Å². The van der Waals surface area contributed by atoms with E-state index in [0.717, 1.165) is 11.1 Å². The molecular weight excluding hydrogens is 551 g/mol. The molecule has 4 atom stereocenters. The van der Waals surface area contributed by atoms with Crippen LogP contribution >= 0.6 is 0 Å². The quantitative estimate of drug-likeness (QED) is 0.275. The van der Waals surface area contributed by atoms with E-state index in [-0.39, 0.29) is 6.54 Å². The third kappa shape index (κ3) is 7.97. The zero-order valence-electron chi connectivity index (χ0n) is 24.4. The Kier molecular flexibility index (Phi) is 11.2. The molecule has 1 saturated heterocycles. The maximum atomic E-state index is 14.3. The van der Waals surface area contributed by atoms with Crippen molar-refractivity contribution in [2.75, 3.05) is 26.8 Å². The number of rotatable bonds is 12. The van der Waals surface area contributed by atoms with Crippen molar-refractivity contribution in [1.82, 2.24) is 15.5 Å². The minimum atomic E-state index is -1.19. The molecule has 228 valence electrons. The van der Waals surface area contributed by atoms with Crippen molar-refractivity contribution < 1.29 is 28.2 Å². The zero-order valence-corrected chi connectivity index (χ0v) is 24.4. The first-order chi connectivity index (χ1) is 20.8. The lowest BCUT2D eigenvalue weighted by Crippen LogP contribution is -2.55. The van der Waals surface area contributed by atoms with Gasteiger partial charge in [-0.1, -0.05) is 79.7 Å². The lowest BCUT2D eigenvalue weighted by molar-refractivity contribution is -0.141. The Bertz CT molecular complexity index is 1300. The van der Waals surface area contributed by atoms with Crippen LogP contribution in [0.1, 0.15) is 48.4 Å². The molecule has 9 nitrogen and oxygen atoms in total. The summed E-state index contributed by atoms with van der Waals surface area (Å²) in [6.45, 7) is 2.59. The highest BCUT2D eigenvalue weighted by atomic mass is 19.1. The van der Waals surface area contributed by atoms with E-state index >= 15 is 0 Å². The molecule has 10 heteroatoms. The lowest BCUT2D eigenvalue weighted by Gasteiger charge is -2.31. The van der Waals surface area contributed by atoms with Gasteiger partial charge in [0.25, 0.3) is 0 Å². The highest BCUT2D eigenvalue weighted by molar-refractivity contribution is 5.92. The normalized spacial score (nSPS) is 18.7. The standard InChI is InChI=1S/C33H39FN4O5/c1-3-27(35)32(40)38-21-26(22-15-17-25(34)18-16-22)30(43-33(41)36-19-10-20-42-2)29(38)31(39)37-28(23-11-6-4-7-12-23)24-13-8-5-9-14-24/h4-9,11-18,26-30H,3,10,19-21,35H2,1-2H3,(H,36,41)(H,37,39)/t26-,27+,29+,30-/m1/s1. The molecule has 1 fully saturated rings. The number of hydrogen-bond acceptors (Lipinski definition) is 6. The Hall–Kier alpha value is -4.28. The van der Waals surface area contributed by atoms with E-state index in [4.69, 9.17) is 15.2 Å². The van der Waals surface area contributed by atoms with E-state index < -0.39 is 53.9 Å². The van der Waals surface area contributed by atoms with Crippen molar-refractivity contribution in [2.24, 2.45) is 5.73 Å². The summed E-state index contributed by atoms with van der Waals surface area (Å²) in [4.78, 5) is 42.3. The smallest absolute Gasteiger partial charge is 0.407 e. The second kappa shape index (κ2) is 15.3. The second-order valence-corrected chi connectivity index (χ2v) is 10.5. The third-order valence-corrected chi connectivity index (χ3v) is 7.63. The van der Waals surface area contributed by atoms with Crippen LogP contribution in [0.2, 0.25) is 0 Å². The Labute approximate surface area is 251 Å². The molecule has 0 bridgehead atoms. The SMILES string of the molecule is CC[C@H](N)C(=O)N1C[C@H](c2ccc(F)cc2)[C@@H](OC(=O)NCCCOC)[C@H]1C(=O)NC(c1ccccc1)c1ccccc1. The first kappa shape index (κ1) is 31.7. The van der Waals surface area contributed by atoms with Crippen LogP contribution in [0.4, 0.5) is 9.18 Å². The van der Waals surface area contributed by atoms with Crippen molar-refractivity contribution in [3.05, 3.63) is 107 Å². The number of ether oxygens (including phenoxy) is 2. The number of hydrogen-bond donors (Lipinski definition) is 3. The van der Waals surface area contributed by atoms with Crippen molar-refractivity contribution >= 4 is 17.9 Å². The molecule has 3 aromatic rings. The summed E-state index contributed by atoms with van der Waals surface area (Å²) in [7, 11) is 1.57. The van der Waals surface area contributed by atoms with Crippen LogP contribution in [0.15, 0.2) is 84.9 Å². The molecule has 0 spiro atoms. The molecule has 43 heavy (non-hydrogen) atoms. The number of halogens is 1. The topological polar surface area (TPSA) is 123 Å². The lowest BCUT2D eigenvalue weighted by atomic mass is 9.92. The summed E-state index contributed by atoms with van der Waals surface area (Å²) in [6, 6.07) is 22.1. The molecule has 0 unspecified atom stereocenters. The summed E-state index contributed by atoms with van der Waals surface area (Å²) < 4.78 is 24.8. The number of alkyl carbamates (subject to hydrolysis) is 1. The molecule has 4 N–H and O–H groups in total. The van der Waals surface area contributed by atoms with E-state index in [0.29, 0.717) is 31.6 Å². The van der Waals surface area contributed by atoms with E-state index in [9.17, 15) is 18.8 Å². The van der Waals surface area contributed by atoms with E-state index in [1.165, 1.54) is 17.0 Å². The number of benzene rings is 3. The predicted octanol–water partition coefficient (Wildman–Crippen LogP) is 3.89. The summed E-state index contributed by atoms with van der Waals surface area (Å²) in [5.41, 5.74) is 8.49.